The smallest absolute Gasteiger partial charge is 0.341 e. The van der Waals surface area contributed by atoms with Crippen LogP contribution < -0.4 is 0 Å². The Morgan fingerprint density at radius 2 is 1.68 bits per heavy atom. The zero-order valence-corrected chi connectivity index (χ0v) is 22.5. The fourth-order valence-electron chi connectivity index (χ4n) is 4.62. The van der Waals surface area contributed by atoms with Crippen LogP contribution in [0.2, 0.25) is 0 Å². The van der Waals surface area contributed by atoms with Crippen LogP contribution in [0.15, 0.2) is 36.1 Å². The molecule has 4 unspecified atom stereocenters. The zero-order valence-electron chi connectivity index (χ0n) is 22.5. The molecular formula is C27H35NO12. The molecule has 4 atom stereocenters. The average molecular weight is 566 g/mol. The molecule has 2 aliphatic rings. The summed E-state index contributed by atoms with van der Waals surface area (Å²) in [6, 6.07) is 6.05. The molecule has 0 saturated heterocycles. The predicted molar refractivity (Wildman–Crippen MR) is 136 cm³/mol. The third kappa shape index (κ3) is 8.16. The number of para-hydroxylation sites is 1. The maximum absolute atomic E-state index is 12.6. The SMILES string of the molecule is COC(=O)C1CCC2C(C(=O)OCCN(C)C(=O)COCCOCCOC(=O)c3ccccc3O)=COC(O)C12. The lowest BCUT2D eigenvalue weighted by atomic mass is 9.83. The number of phenolic OH excluding ortho intramolecular Hbond substituents is 1. The van der Waals surface area contributed by atoms with Crippen LogP contribution in [0, 0.1) is 17.8 Å². The molecule has 0 bridgehead atoms. The number of rotatable bonds is 14. The number of hydrogen-bond donors (Lipinski definition) is 2. The van der Waals surface area contributed by atoms with Crippen LogP contribution >= 0.6 is 0 Å². The number of aromatic hydroxyl groups is 1. The van der Waals surface area contributed by atoms with E-state index in [1.165, 1.54) is 30.4 Å². The van der Waals surface area contributed by atoms with Crippen molar-refractivity contribution in [2.24, 2.45) is 17.8 Å². The number of aliphatic hydroxyl groups excluding tert-OH is 1. The van der Waals surface area contributed by atoms with Crippen molar-refractivity contribution in [1.82, 2.24) is 4.90 Å². The summed E-state index contributed by atoms with van der Waals surface area (Å²) in [5, 5.41) is 19.8. The number of fused-ring (bicyclic) bond motifs is 1. The van der Waals surface area contributed by atoms with Gasteiger partial charge in [0, 0.05) is 18.9 Å². The average Bonchev–Trinajstić information content (AvgIpc) is 3.40. The minimum Gasteiger partial charge on any atom is -0.507 e. The summed E-state index contributed by atoms with van der Waals surface area (Å²) in [6.07, 6.45) is 0.934. The van der Waals surface area contributed by atoms with Crippen LogP contribution in [0.3, 0.4) is 0 Å². The van der Waals surface area contributed by atoms with Crippen molar-refractivity contribution in [3.63, 3.8) is 0 Å². The summed E-state index contributed by atoms with van der Waals surface area (Å²) in [5.41, 5.74) is 0.311. The van der Waals surface area contributed by atoms with Gasteiger partial charge in [0.1, 0.15) is 31.1 Å². The Hall–Kier alpha value is -3.68. The second kappa shape index (κ2) is 15.2. The van der Waals surface area contributed by atoms with Crippen molar-refractivity contribution in [2.45, 2.75) is 19.1 Å². The number of aliphatic hydroxyl groups is 1. The highest BCUT2D eigenvalue weighted by Crippen LogP contribution is 2.46. The van der Waals surface area contributed by atoms with E-state index in [0.29, 0.717) is 12.8 Å². The van der Waals surface area contributed by atoms with Gasteiger partial charge >= 0.3 is 17.9 Å². The number of benzene rings is 1. The Morgan fingerprint density at radius 1 is 0.975 bits per heavy atom. The zero-order chi connectivity index (χ0) is 29.1. The van der Waals surface area contributed by atoms with E-state index in [1.807, 2.05) is 0 Å². The molecule has 1 saturated carbocycles. The van der Waals surface area contributed by atoms with Crippen LogP contribution in [0.25, 0.3) is 0 Å². The Morgan fingerprint density at radius 3 is 2.42 bits per heavy atom. The first-order valence-electron chi connectivity index (χ1n) is 12.9. The molecule has 0 radical (unpaired) electrons. The molecule has 1 aliphatic heterocycles. The van der Waals surface area contributed by atoms with Crippen LogP contribution in [-0.4, -0.2) is 106 Å². The standard InChI is InChI=1S/C27H35NO12/c1-28(22(30)16-37-12-11-36-13-14-39-25(32)18-5-3-4-6-21(18)29)9-10-38-26(33)20-15-40-27(34)23-17(20)7-8-19(23)24(31)35-2/h3-6,15,17,19,23,27,29,34H,7-14,16H2,1-2H3. The largest absolute Gasteiger partial charge is 0.507 e. The summed E-state index contributed by atoms with van der Waals surface area (Å²) in [5.74, 6) is -3.78. The Balaban J connectivity index is 1.26. The number of likely N-dealkylation sites (N-methyl/N-ethyl adjacent to an activating group) is 1. The fraction of sp³-hybridized carbons (Fsp3) is 0.556. The first-order chi connectivity index (χ1) is 19.2. The number of carbonyl (C=O) groups excluding carboxylic acids is 4. The van der Waals surface area contributed by atoms with Gasteiger partial charge in [-0.3, -0.25) is 9.59 Å². The summed E-state index contributed by atoms with van der Waals surface area (Å²) in [7, 11) is 2.82. The first kappa shape index (κ1) is 30.9. The molecular weight excluding hydrogens is 530 g/mol. The van der Waals surface area contributed by atoms with Crippen molar-refractivity contribution in [1.29, 1.82) is 0 Å². The van der Waals surface area contributed by atoms with E-state index in [0.717, 1.165) is 0 Å². The van der Waals surface area contributed by atoms with Gasteiger partial charge in [0.25, 0.3) is 0 Å². The minimum atomic E-state index is -1.21. The number of carbonyl (C=O) groups is 4. The molecule has 220 valence electrons. The number of phenols is 1. The number of esters is 3. The van der Waals surface area contributed by atoms with Gasteiger partial charge in [0.05, 0.1) is 51.2 Å². The van der Waals surface area contributed by atoms with Crippen LogP contribution in [0.4, 0.5) is 0 Å². The molecule has 0 aromatic heterocycles. The molecule has 0 spiro atoms. The van der Waals surface area contributed by atoms with Crippen molar-refractivity contribution < 1.29 is 57.8 Å². The predicted octanol–water partition coefficient (Wildman–Crippen LogP) is 0.632. The number of ether oxygens (including phenoxy) is 6. The van der Waals surface area contributed by atoms with E-state index < -0.39 is 36.0 Å². The monoisotopic (exact) mass is 565 g/mol. The highest BCUT2D eigenvalue weighted by Gasteiger charge is 2.50. The topological polar surface area (TPSA) is 167 Å². The van der Waals surface area contributed by atoms with E-state index in [4.69, 9.17) is 28.4 Å². The summed E-state index contributed by atoms with van der Waals surface area (Å²) >= 11 is 0. The van der Waals surface area contributed by atoms with Crippen molar-refractivity contribution in [3.8, 4) is 5.75 Å². The molecule has 1 fully saturated rings. The second-order valence-corrected chi connectivity index (χ2v) is 9.26. The van der Waals surface area contributed by atoms with Gasteiger partial charge in [-0.2, -0.15) is 0 Å². The quantitative estimate of drug-likeness (QED) is 0.184. The summed E-state index contributed by atoms with van der Waals surface area (Å²) < 4.78 is 30.9. The lowest BCUT2D eigenvalue weighted by Crippen LogP contribution is -2.39. The minimum absolute atomic E-state index is 0.00949. The van der Waals surface area contributed by atoms with E-state index >= 15 is 0 Å². The molecule has 2 N–H and O–H groups in total. The lowest BCUT2D eigenvalue weighted by Gasteiger charge is -2.32. The van der Waals surface area contributed by atoms with Crippen LogP contribution in [0.1, 0.15) is 23.2 Å². The molecule has 3 rings (SSSR count). The van der Waals surface area contributed by atoms with Gasteiger partial charge in [0.2, 0.25) is 12.2 Å². The van der Waals surface area contributed by atoms with Gasteiger partial charge in [-0.15, -0.1) is 0 Å². The normalized spacial score (nSPS) is 21.4. The van der Waals surface area contributed by atoms with Gasteiger partial charge in [-0.25, -0.2) is 9.59 Å². The van der Waals surface area contributed by atoms with Crippen molar-refractivity contribution in [2.75, 3.05) is 60.3 Å². The molecule has 13 heteroatoms. The second-order valence-electron chi connectivity index (χ2n) is 9.26. The highest BCUT2D eigenvalue weighted by molar-refractivity contribution is 5.92. The van der Waals surface area contributed by atoms with E-state index in [9.17, 15) is 29.4 Å². The first-order valence-corrected chi connectivity index (χ1v) is 12.9. The molecule has 1 aromatic rings. The Kier molecular flexibility index (Phi) is 11.7. The van der Waals surface area contributed by atoms with E-state index in [-0.39, 0.29) is 74.9 Å². The van der Waals surface area contributed by atoms with E-state index in [2.05, 4.69) is 0 Å². The fourth-order valence-corrected chi connectivity index (χ4v) is 4.62. The van der Waals surface area contributed by atoms with Gasteiger partial charge in [-0.05, 0) is 25.0 Å². The molecule has 40 heavy (non-hydrogen) atoms. The van der Waals surface area contributed by atoms with Gasteiger partial charge in [-0.1, -0.05) is 12.1 Å². The number of nitrogens with zero attached hydrogens (tertiary/aromatic N) is 1. The molecule has 1 amide bonds. The maximum atomic E-state index is 12.6. The van der Waals surface area contributed by atoms with E-state index in [1.54, 1.807) is 19.2 Å². The summed E-state index contributed by atoms with van der Waals surface area (Å²) in [4.78, 5) is 50.1. The molecule has 1 heterocycles. The maximum Gasteiger partial charge on any atom is 0.341 e. The highest BCUT2D eigenvalue weighted by atomic mass is 16.6. The molecule has 1 aliphatic carbocycles. The third-order valence-corrected chi connectivity index (χ3v) is 6.79. The third-order valence-electron chi connectivity index (χ3n) is 6.79. The van der Waals surface area contributed by atoms with Crippen LogP contribution in [-0.2, 0) is 42.8 Å². The van der Waals surface area contributed by atoms with Crippen molar-refractivity contribution >= 4 is 23.8 Å². The summed E-state index contributed by atoms with van der Waals surface area (Å²) in [6.45, 7) is 0.276. The number of amides is 1. The molecule has 1 aromatic carbocycles. The number of methoxy groups -OCH3 is 1. The molecule has 13 nitrogen and oxygen atoms in total. The Labute approximate surface area is 231 Å². The van der Waals surface area contributed by atoms with Crippen molar-refractivity contribution in [3.05, 3.63) is 41.7 Å². The lowest BCUT2D eigenvalue weighted by molar-refractivity contribution is -0.163. The van der Waals surface area contributed by atoms with Gasteiger partial charge in [0.15, 0.2) is 0 Å². The number of hydrogen-bond acceptors (Lipinski definition) is 12. The Bertz CT molecular complexity index is 1070. The van der Waals surface area contributed by atoms with Gasteiger partial charge < -0.3 is 43.5 Å². The van der Waals surface area contributed by atoms with Crippen LogP contribution in [0.5, 0.6) is 5.75 Å².